The van der Waals surface area contributed by atoms with E-state index in [1.165, 1.54) is 0 Å². The highest BCUT2D eigenvalue weighted by atomic mass is 16.7. The summed E-state index contributed by atoms with van der Waals surface area (Å²) in [6, 6.07) is 0.564. The molecule has 0 amide bonds. The maximum atomic E-state index is 10.7. The van der Waals surface area contributed by atoms with Crippen LogP contribution in [0.3, 0.4) is 0 Å². The SMILES string of the molecule is NC1CCC(n2cc(C3=NOC(C(=O)O)N3)nn2)CC1. The molecule has 20 heavy (non-hydrogen) atoms. The third kappa shape index (κ3) is 2.44. The van der Waals surface area contributed by atoms with Crippen molar-refractivity contribution in [1.82, 2.24) is 20.3 Å². The number of aromatic nitrogens is 3. The molecule has 2 aliphatic rings. The molecule has 2 heterocycles. The Kier molecular flexibility index (Phi) is 3.26. The summed E-state index contributed by atoms with van der Waals surface area (Å²) in [6.45, 7) is 0. The van der Waals surface area contributed by atoms with Gasteiger partial charge in [-0.15, -0.1) is 5.10 Å². The second-order valence-electron chi connectivity index (χ2n) is 5.06. The van der Waals surface area contributed by atoms with E-state index >= 15 is 0 Å². The Morgan fingerprint density at radius 1 is 1.45 bits per heavy atom. The highest BCUT2D eigenvalue weighted by Crippen LogP contribution is 2.26. The summed E-state index contributed by atoms with van der Waals surface area (Å²) < 4.78 is 1.79. The first-order valence-electron chi connectivity index (χ1n) is 6.54. The van der Waals surface area contributed by atoms with Crippen LogP contribution in [0.5, 0.6) is 0 Å². The van der Waals surface area contributed by atoms with Crippen molar-refractivity contribution >= 4 is 11.8 Å². The number of nitrogens with one attached hydrogen (secondary N) is 1. The topological polar surface area (TPSA) is 128 Å². The van der Waals surface area contributed by atoms with Crippen LogP contribution in [0.2, 0.25) is 0 Å². The van der Waals surface area contributed by atoms with E-state index in [4.69, 9.17) is 15.7 Å². The van der Waals surface area contributed by atoms with Crippen LogP contribution in [-0.2, 0) is 9.63 Å². The van der Waals surface area contributed by atoms with Crippen LogP contribution in [-0.4, -0.2) is 44.2 Å². The monoisotopic (exact) mass is 280 g/mol. The lowest BCUT2D eigenvalue weighted by Gasteiger charge is -2.25. The zero-order valence-corrected chi connectivity index (χ0v) is 10.8. The first kappa shape index (κ1) is 12.9. The van der Waals surface area contributed by atoms with E-state index in [1.807, 2.05) is 0 Å². The Labute approximate surface area is 114 Å². The highest BCUT2D eigenvalue weighted by molar-refractivity contribution is 5.99. The van der Waals surface area contributed by atoms with Gasteiger partial charge < -0.3 is 21.0 Å². The standard InChI is InChI=1S/C11H16N6O3/c12-6-1-3-7(4-2-6)17-5-8(14-16-17)9-13-10(11(18)19)20-15-9/h5-7,10H,1-4,12H2,(H,13,15)(H,18,19). The Hall–Kier alpha value is -2.16. The summed E-state index contributed by atoms with van der Waals surface area (Å²) in [5, 5.41) is 23.2. The summed E-state index contributed by atoms with van der Waals surface area (Å²) in [6.07, 6.45) is 4.48. The molecule has 1 unspecified atom stereocenters. The minimum Gasteiger partial charge on any atom is -0.477 e. The number of nitrogens with two attached hydrogens (primary N) is 1. The van der Waals surface area contributed by atoms with Crippen LogP contribution in [0.15, 0.2) is 11.4 Å². The van der Waals surface area contributed by atoms with Gasteiger partial charge in [0.05, 0.1) is 12.2 Å². The van der Waals surface area contributed by atoms with Crippen molar-refractivity contribution in [3.8, 4) is 0 Å². The van der Waals surface area contributed by atoms with Gasteiger partial charge in [0.25, 0.3) is 6.23 Å². The summed E-state index contributed by atoms with van der Waals surface area (Å²) >= 11 is 0. The number of carbonyl (C=O) groups is 1. The number of oxime groups is 1. The first-order chi connectivity index (χ1) is 9.63. The average molecular weight is 280 g/mol. The molecule has 3 rings (SSSR count). The molecule has 0 saturated heterocycles. The van der Waals surface area contributed by atoms with Gasteiger partial charge >= 0.3 is 5.97 Å². The fourth-order valence-corrected chi connectivity index (χ4v) is 2.44. The lowest BCUT2D eigenvalue weighted by molar-refractivity contribution is -0.149. The van der Waals surface area contributed by atoms with E-state index in [-0.39, 0.29) is 17.9 Å². The van der Waals surface area contributed by atoms with Crippen LogP contribution in [0.25, 0.3) is 0 Å². The molecular formula is C11H16N6O3. The first-order valence-corrected chi connectivity index (χ1v) is 6.54. The third-order valence-corrected chi connectivity index (χ3v) is 3.61. The highest BCUT2D eigenvalue weighted by Gasteiger charge is 2.29. The Morgan fingerprint density at radius 3 is 2.85 bits per heavy atom. The predicted molar refractivity (Wildman–Crippen MR) is 67.7 cm³/mol. The lowest BCUT2D eigenvalue weighted by Crippen LogP contribution is -2.36. The Balaban J connectivity index is 1.67. The number of aliphatic carboxylic acids is 1. The van der Waals surface area contributed by atoms with Crippen LogP contribution >= 0.6 is 0 Å². The van der Waals surface area contributed by atoms with Crippen molar-refractivity contribution in [3.05, 3.63) is 11.9 Å². The molecule has 0 spiro atoms. The molecule has 1 aromatic heterocycles. The van der Waals surface area contributed by atoms with Gasteiger partial charge in [-0.1, -0.05) is 10.4 Å². The molecule has 9 nitrogen and oxygen atoms in total. The number of carboxylic acids is 1. The fourth-order valence-electron chi connectivity index (χ4n) is 2.44. The van der Waals surface area contributed by atoms with Crippen molar-refractivity contribution in [3.63, 3.8) is 0 Å². The van der Waals surface area contributed by atoms with Crippen LogP contribution in [0.4, 0.5) is 0 Å². The van der Waals surface area contributed by atoms with Crippen molar-refractivity contribution in [2.75, 3.05) is 0 Å². The van der Waals surface area contributed by atoms with Gasteiger partial charge in [-0.05, 0) is 25.7 Å². The smallest absolute Gasteiger partial charge is 0.369 e. The minimum atomic E-state index is -1.16. The number of nitrogens with zero attached hydrogens (tertiary/aromatic N) is 4. The molecule has 1 saturated carbocycles. The van der Waals surface area contributed by atoms with Crippen LogP contribution < -0.4 is 11.1 Å². The normalized spacial score (nSPS) is 29.4. The van der Waals surface area contributed by atoms with E-state index in [0.717, 1.165) is 25.7 Å². The van der Waals surface area contributed by atoms with Gasteiger partial charge in [0.1, 0.15) is 0 Å². The summed E-state index contributed by atoms with van der Waals surface area (Å²) in [7, 11) is 0. The van der Waals surface area contributed by atoms with Gasteiger partial charge in [-0.25, -0.2) is 9.48 Å². The number of hydrogen-bond acceptors (Lipinski definition) is 7. The van der Waals surface area contributed by atoms with Gasteiger partial charge in [-0.2, -0.15) is 0 Å². The van der Waals surface area contributed by atoms with Gasteiger partial charge in [0, 0.05) is 6.04 Å². The van der Waals surface area contributed by atoms with Crippen molar-refractivity contribution < 1.29 is 14.7 Å². The second kappa shape index (κ2) is 5.08. The van der Waals surface area contributed by atoms with Crippen LogP contribution in [0, 0.1) is 0 Å². The third-order valence-electron chi connectivity index (χ3n) is 3.61. The maximum absolute atomic E-state index is 10.7. The number of rotatable bonds is 3. The van der Waals surface area contributed by atoms with Crippen molar-refractivity contribution in [2.24, 2.45) is 10.9 Å². The molecule has 0 radical (unpaired) electrons. The van der Waals surface area contributed by atoms with E-state index in [2.05, 4.69) is 20.8 Å². The van der Waals surface area contributed by atoms with Gasteiger partial charge in [-0.3, -0.25) is 0 Å². The Morgan fingerprint density at radius 2 is 2.20 bits per heavy atom. The average Bonchev–Trinajstić information content (AvgIpc) is 3.08. The molecule has 4 N–H and O–H groups in total. The predicted octanol–water partition coefficient (Wildman–Crippen LogP) is -0.587. The second-order valence-corrected chi connectivity index (χ2v) is 5.06. The molecule has 1 aromatic rings. The molecule has 9 heteroatoms. The van der Waals surface area contributed by atoms with Gasteiger partial charge in [0.2, 0.25) is 0 Å². The van der Waals surface area contributed by atoms with Crippen molar-refractivity contribution in [1.29, 1.82) is 0 Å². The minimum absolute atomic E-state index is 0.278. The van der Waals surface area contributed by atoms with E-state index in [0.29, 0.717) is 5.69 Å². The summed E-state index contributed by atoms with van der Waals surface area (Å²) in [5.74, 6) is -0.839. The molecule has 0 bridgehead atoms. The largest absolute Gasteiger partial charge is 0.477 e. The van der Waals surface area contributed by atoms with Crippen LogP contribution in [0.1, 0.15) is 37.4 Å². The van der Waals surface area contributed by atoms with Gasteiger partial charge in [0.15, 0.2) is 11.5 Å². The summed E-state index contributed by atoms with van der Waals surface area (Å²) in [5.41, 5.74) is 6.35. The van der Waals surface area contributed by atoms with Crippen molar-refractivity contribution in [2.45, 2.75) is 44.0 Å². The number of carboxylic acid groups (broad SMARTS) is 1. The zero-order valence-electron chi connectivity index (χ0n) is 10.8. The number of amidine groups is 1. The maximum Gasteiger partial charge on any atom is 0.369 e. The molecule has 108 valence electrons. The molecule has 0 aromatic carbocycles. The van der Waals surface area contributed by atoms with E-state index < -0.39 is 12.2 Å². The Bertz CT molecular complexity index is 534. The summed E-state index contributed by atoms with van der Waals surface area (Å²) in [4.78, 5) is 15.5. The lowest BCUT2D eigenvalue weighted by atomic mass is 9.92. The van der Waals surface area contributed by atoms with E-state index in [1.54, 1.807) is 10.9 Å². The molecule has 1 fully saturated rings. The fraction of sp³-hybridized carbons (Fsp3) is 0.636. The molecule has 1 aliphatic carbocycles. The quantitative estimate of drug-likeness (QED) is 0.675. The number of hydrogen-bond donors (Lipinski definition) is 3. The van der Waals surface area contributed by atoms with E-state index in [9.17, 15) is 4.79 Å². The molecule has 1 aliphatic heterocycles. The molecule has 1 atom stereocenters. The zero-order chi connectivity index (χ0) is 14.1. The molecular weight excluding hydrogens is 264 g/mol.